The lowest BCUT2D eigenvalue weighted by atomic mass is 10.1. The van der Waals surface area contributed by atoms with E-state index in [1.54, 1.807) is 0 Å². The molecule has 0 aliphatic rings. The fraction of sp³-hybridized carbons (Fsp3) is 0.353. The van der Waals surface area contributed by atoms with Gasteiger partial charge in [0.1, 0.15) is 0 Å². The average Bonchev–Trinajstić information content (AvgIpc) is 2.43. The third-order valence-corrected chi connectivity index (χ3v) is 4.12. The summed E-state index contributed by atoms with van der Waals surface area (Å²) in [5, 5.41) is 3.60. The Morgan fingerprint density at radius 2 is 1.77 bits per heavy atom. The van der Waals surface area contributed by atoms with E-state index in [0.717, 1.165) is 17.0 Å². The number of aromatic nitrogens is 2. The molecular weight excluding hydrogens is 294 g/mol. The Morgan fingerprint density at radius 1 is 1.09 bits per heavy atom. The minimum absolute atomic E-state index is 0.00673. The van der Waals surface area contributed by atoms with E-state index in [1.807, 2.05) is 19.9 Å². The minimum atomic E-state index is -0.00673. The van der Waals surface area contributed by atoms with Gasteiger partial charge in [-0.2, -0.15) is 0 Å². The van der Waals surface area contributed by atoms with Crippen LogP contribution in [0.15, 0.2) is 29.4 Å². The number of hydrogen-bond acceptors (Lipinski definition) is 4. The Balaban J connectivity index is 1.85. The van der Waals surface area contributed by atoms with Crippen molar-refractivity contribution in [3.8, 4) is 0 Å². The van der Waals surface area contributed by atoms with E-state index in [1.165, 1.54) is 22.9 Å². The fourth-order valence-electron chi connectivity index (χ4n) is 2.18. The van der Waals surface area contributed by atoms with Gasteiger partial charge in [0.25, 0.3) is 0 Å². The molecule has 1 N–H and O–H groups in total. The van der Waals surface area contributed by atoms with Crippen LogP contribution in [0, 0.1) is 27.7 Å². The quantitative estimate of drug-likeness (QED) is 0.680. The molecule has 5 heteroatoms. The Hall–Kier alpha value is -1.88. The third kappa shape index (κ3) is 4.84. The number of aryl methyl sites for hydroxylation is 4. The molecule has 1 amide bonds. The Labute approximate surface area is 135 Å². The number of carbonyl (C=O) groups excluding carboxylic acids is 1. The third-order valence-electron chi connectivity index (χ3n) is 3.27. The lowest BCUT2D eigenvalue weighted by Gasteiger charge is -2.09. The molecule has 2 rings (SSSR count). The largest absolute Gasteiger partial charge is 0.351 e. The normalized spacial score (nSPS) is 10.5. The van der Waals surface area contributed by atoms with Crippen LogP contribution in [0.3, 0.4) is 0 Å². The summed E-state index contributed by atoms with van der Waals surface area (Å²) < 4.78 is 0. The van der Waals surface area contributed by atoms with Gasteiger partial charge in [-0.25, -0.2) is 9.97 Å². The van der Waals surface area contributed by atoms with Crippen molar-refractivity contribution in [1.29, 1.82) is 0 Å². The monoisotopic (exact) mass is 315 g/mol. The first-order chi connectivity index (χ1) is 10.4. The van der Waals surface area contributed by atoms with Gasteiger partial charge in [-0.1, -0.05) is 35.5 Å². The first-order valence-electron chi connectivity index (χ1n) is 7.22. The number of nitrogens with one attached hydrogen (secondary N) is 1. The van der Waals surface area contributed by atoms with Crippen LogP contribution in [0.5, 0.6) is 0 Å². The van der Waals surface area contributed by atoms with Crippen LogP contribution in [0.1, 0.15) is 28.1 Å². The first kappa shape index (κ1) is 16.5. The molecule has 0 saturated heterocycles. The maximum atomic E-state index is 12.0. The molecule has 0 aliphatic carbocycles. The highest BCUT2D eigenvalue weighted by atomic mass is 32.2. The molecule has 1 aromatic heterocycles. The molecule has 4 nitrogen and oxygen atoms in total. The van der Waals surface area contributed by atoms with E-state index in [-0.39, 0.29) is 5.91 Å². The van der Waals surface area contributed by atoms with E-state index in [9.17, 15) is 4.79 Å². The summed E-state index contributed by atoms with van der Waals surface area (Å²) in [6, 6.07) is 8.17. The van der Waals surface area contributed by atoms with Gasteiger partial charge in [-0.3, -0.25) is 4.79 Å². The van der Waals surface area contributed by atoms with Gasteiger partial charge < -0.3 is 5.32 Å². The summed E-state index contributed by atoms with van der Waals surface area (Å²) in [5.41, 5.74) is 5.42. The Morgan fingerprint density at radius 3 is 2.41 bits per heavy atom. The predicted molar refractivity (Wildman–Crippen MR) is 90.0 cm³/mol. The molecule has 0 fully saturated rings. The molecule has 0 bridgehead atoms. The van der Waals surface area contributed by atoms with Gasteiger partial charge >= 0.3 is 0 Å². The van der Waals surface area contributed by atoms with Crippen LogP contribution in [0.2, 0.25) is 0 Å². The summed E-state index contributed by atoms with van der Waals surface area (Å²) in [6.45, 7) is 8.54. The molecule has 2 aromatic rings. The van der Waals surface area contributed by atoms with Gasteiger partial charge in [0, 0.05) is 17.9 Å². The second-order valence-corrected chi connectivity index (χ2v) is 6.37. The summed E-state index contributed by atoms with van der Waals surface area (Å²) in [6.07, 6.45) is 0. The minimum Gasteiger partial charge on any atom is -0.351 e. The lowest BCUT2D eigenvalue weighted by molar-refractivity contribution is -0.118. The summed E-state index contributed by atoms with van der Waals surface area (Å²) in [4.78, 5) is 20.6. The predicted octanol–water partition coefficient (Wildman–Crippen LogP) is 3.12. The molecular formula is C17H21N3OS. The van der Waals surface area contributed by atoms with Crippen molar-refractivity contribution in [2.24, 2.45) is 0 Å². The average molecular weight is 315 g/mol. The van der Waals surface area contributed by atoms with Crippen molar-refractivity contribution in [3.05, 3.63) is 52.3 Å². The lowest BCUT2D eigenvalue weighted by Crippen LogP contribution is -2.25. The number of thioether (sulfide) groups is 1. The van der Waals surface area contributed by atoms with E-state index in [2.05, 4.69) is 47.3 Å². The molecule has 0 radical (unpaired) electrons. The van der Waals surface area contributed by atoms with Crippen molar-refractivity contribution >= 4 is 17.7 Å². The van der Waals surface area contributed by atoms with E-state index in [4.69, 9.17) is 0 Å². The molecule has 1 aromatic carbocycles. The zero-order valence-electron chi connectivity index (χ0n) is 13.4. The Bertz CT molecular complexity index is 665. The van der Waals surface area contributed by atoms with E-state index < -0.39 is 0 Å². The van der Waals surface area contributed by atoms with Gasteiger partial charge in [0.15, 0.2) is 5.16 Å². The van der Waals surface area contributed by atoms with Crippen molar-refractivity contribution < 1.29 is 4.79 Å². The molecule has 0 unspecified atom stereocenters. The van der Waals surface area contributed by atoms with Crippen LogP contribution in [-0.4, -0.2) is 21.6 Å². The van der Waals surface area contributed by atoms with Crippen molar-refractivity contribution in [2.75, 3.05) is 5.75 Å². The topological polar surface area (TPSA) is 54.9 Å². The van der Waals surface area contributed by atoms with Gasteiger partial charge in [0.05, 0.1) is 5.75 Å². The SMILES string of the molecule is Cc1ccc(CNC(=O)CSc2nc(C)cc(C)n2)c(C)c1. The standard InChI is InChI=1S/C17H21N3OS/c1-11-5-6-15(12(2)7-11)9-18-16(21)10-22-17-19-13(3)8-14(4)20-17/h5-8H,9-10H2,1-4H3,(H,18,21). The van der Waals surface area contributed by atoms with Crippen molar-refractivity contribution in [2.45, 2.75) is 39.4 Å². The number of rotatable bonds is 5. The molecule has 0 aliphatic heterocycles. The highest BCUT2D eigenvalue weighted by molar-refractivity contribution is 7.99. The second kappa shape index (κ2) is 7.40. The second-order valence-electron chi connectivity index (χ2n) is 5.43. The number of hydrogen-bond donors (Lipinski definition) is 1. The highest BCUT2D eigenvalue weighted by Gasteiger charge is 2.07. The number of benzene rings is 1. The van der Waals surface area contributed by atoms with Crippen LogP contribution < -0.4 is 5.32 Å². The van der Waals surface area contributed by atoms with Gasteiger partial charge in [-0.05, 0) is 44.9 Å². The highest BCUT2D eigenvalue weighted by Crippen LogP contribution is 2.14. The van der Waals surface area contributed by atoms with Crippen LogP contribution >= 0.6 is 11.8 Å². The Kier molecular flexibility index (Phi) is 5.55. The molecule has 0 saturated carbocycles. The number of amides is 1. The first-order valence-corrected chi connectivity index (χ1v) is 8.20. The fourth-order valence-corrected chi connectivity index (χ4v) is 2.96. The molecule has 0 atom stereocenters. The zero-order chi connectivity index (χ0) is 16.1. The zero-order valence-corrected chi connectivity index (χ0v) is 14.3. The maximum absolute atomic E-state index is 12.0. The molecule has 116 valence electrons. The van der Waals surface area contributed by atoms with Gasteiger partial charge in [0.2, 0.25) is 5.91 Å². The maximum Gasteiger partial charge on any atom is 0.230 e. The van der Waals surface area contributed by atoms with E-state index in [0.29, 0.717) is 17.5 Å². The summed E-state index contributed by atoms with van der Waals surface area (Å²) >= 11 is 1.36. The summed E-state index contributed by atoms with van der Waals surface area (Å²) in [5.74, 6) is 0.320. The number of carbonyl (C=O) groups is 1. The van der Waals surface area contributed by atoms with Crippen LogP contribution in [0.25, 0.3) is 0 Å². The molecule has 1 heterocycles. The van der Waals surface area contributed by atoms with Crippen LogP contribution in [0.4, 0.5) is 0 Å². The molecule has 0 spiro atoms. The van der Waals surface area contributed by atoms with E-state index >= 15 is 0 Å². The van der Waals surface area contributed by atoms with Crippen LogP contribution in [-0.2, 0) is 11.3 Å². The molecule has 22 heavy (non-hydrogen) atoms. The number of nitrogens with zero attached hydrogens (tertiary/aromatic N) is 2. The van der Waals surface area contributed by atoms with Crippen molar-refractivity contribution in [1.82, 2.24) is 15.3 Å². The smallest absolute Gasteiger partial charge is 0.230 e. The van der Waals surface area contributed by atoms with Gasteiger partial charge in [-0.15, -0.1) is 0 Å². The van der Waals surface area contributed by atoms with Crippen molar-refractivity contribution in [3.63, 3.8) is 0 Å². The summed E-state index contributed by atoms with van der Waals surface area (Å²) in [7, 11) is 0.